The second kappa shape index (κ2) is 6.05. The van der Waals surface area contributed by atoms with Crippen molar-refractivity contribution in [1.29, 1.82) is 0 Å². The van der Waals surface area contributed by atoms with Crippen molar-refractivity contribution in [3.63, 3.8) is 0 Å². The molecule has 2 aromatic rings. The number of hydrogen-bond donors (Lipinski definition) is 0. The van der Waals surface area contributed by atoms with Gasteiger partial charge in [0.1, 0.15) is 5.76 Å². The maximum absolute atomic E-state index is 12.4. The van der Waals surface area contributed by atoms with Crippen molar-refractivity contribution in [1.82, 2.24) is 15.0 Å². The third-order valence-electron chi connectivity index (χ3n) is 3.65. The summed E-state index contributed by atoms with van der Waals surface area (Å²) >= 11 is 0. The first kappa shape index (κ1) is 14.4. The Bertz CT molecular complexity index is 662. The summed E-state index contributed by atoms with van der Waals surface area (Å²) in [6, 6.07) is 4.96. The van der Waals surface area contributed by atoms with Gasteiger partial charge >= 0.3 is 0 Å². The lowest BCUT2D eigenvalue weighted by Gasteiger charge is -2.20. The maximum Gasteiger partial charge on any atom is 0.289 e. The molecule has 116 valence electrons. The Kier molecular flexibility index (Phi) is 3.95. The highest BCUT2D eigenvalue weighted by Gasteiger charge is 2.25. The fourth-order valence-electron chi connectivity index (χ4n) is 2.51. The summed E-state index contributed by atoms with van der Waals surface area (Å²) in [6.07, 6.45) is 2.20. The lowest BCUT2D eigenvalue weighted by molar-refractivity contribution is 0.0696. The van der Waals surface area contributed by atoms with E-state index in [1.807, 2.05) is 0 Å². The normalized spacial score (nSPS) is 15.7. The van der Waals surface area contributed by atoms with Gasteiger partial charge in [0.2, 0.25) is 0 Å². The van der Waals surface area contributed by atoms with Gasteiger partial charge in [-0.1, -0.05) is 5.16 Å². The molecule has 3 rings (SSSR count). The highest BCUT2D eigenvalue weighted by molar-refractivity contribution is 5.93. The summed E-state index contributed by atoms with van der Waals surface area (Å²) in [5.74, 6) is 0.625. The molecular formula is C15H17N3O4. The predicted molar refractivity (Wildman–Crippen MR) is 76.4 cm³/mol. The minimum atomic E-state index is -0.163. The largest absolute Gasteiger partial charge is 0.459 e. The van der Waals surface area contributed by atoms with E-state index in [4.69, 9.17) is 8.94 Å². The third kappa shape index (κ3) is 2.88. The van der Waals surface area contributed by atoms with E-state index in [0.717, 1.165) is 6.42 Å². The van der Waals surface area contributed by atoms with Crippen LogP contribution in [0.15, 0.2) is 33.4 Å². The number of amides is 2. The molecule has 1 saturated heterocycles. The van der Waals surface area contributed by atoms with E-state index < -0.39 is 0 Å². The third-order valence-corrected chi connectivity index (χ3v) is 3.65. The van der Waals surface area contributed by atoms with Gasteiger partial charge in [0.25, 0.3) is 11.8 Å². The van der Waals surface area contributed by atoms with Crippen LogP contribution < -0.4 is 0 Å². The number of aryl methyl sites for hydroxylation is 1. The van der Waals surface area contributed by atoms with Gasteiger partial charge in [0, 0.05) is 32.2 Å². The molecule has 0 aliphatic carbocycles. The monoisotopic (exact) mass is 303 g/mol. The summed E-state index contributed by atoms with van der Waals surface area (Å²) in [7, 11) is 0. The van der Waals surface area contributed by atoms with Gasteiger partial charge in [-0.05, 0) is 25.5 Å². The summed E-state index contributed by atoms with van der Waals surface area (Å²) in [5.41, 5.74) is 0.309. The topological polar surface area (TPSA) is 79.8 Å². The number of rotatable bonds is 2. The van der Waals surface area contributed by atoms with Gasteiger partial charge in [0.15, 0.2) is 11.5 Å². The van der Waals surface area contributed by atoms with Crippen molar-refractivity contribution in [2.75, 3.05) is 26.2 Å². The Hall–Kier alpha value is -2.57. The van der Waals surface area contributed by atoms with E-state index >= 15 is 0 Å². The predicted octanol–water partition coefficient (Wildman–Crippen LogP) is 1.56. The number of carbonyl (C=O) groups excluding carboxylic acids is 2. The average Bonchev–Trinajstić information content (AvgIpc) is 3.13. The second-order valence-electron chi connectivity index (χ2n) is 5.24. The maximum atomic E-state index is 12.4. The Morgan fingerprint density at radius 2 is 1.86 bits per heavy atom. The zero-order valence-electron chi connectivity index (χ0n) is 12.3. The smallest absolute Gasteiger partial charge is 0.289 e. The molecule has 1 aliphatic heterocycles. The molecule has 2 amide bonds. The zero-order valence-corrected chi connectivity index (χ0v) is 12.3. The summed E-state index contributed by atoms with van der Waals surface area (Å²) < 4.78 is 10.1. The lowest BCUT2D eigenvalue weighted by atomic mass is 10.3. The standard InChI is InChI=1S/C15H17N3O4/c1-11-10-12(16-22-11)14(19)17-5-3-6-18(8-7-17)15(20)13-4-2-9-21-13/h2,4,9-10H,3,5-8H2,1H3. The second-order valence-corrected chi connectivity index (χ2v) is 5.24. The Balaban J connectivity index is 1.65. The molecule has 0 spiro atoms. The average molecular weight is 303 g/mol. The Labute approximate surface area is 127 Å². The SMILES string of the molecule is Cc1cc(C(=O)N2CCCN(C(=O)c3ccco3)CC2)no1. The molecule has 0 bridgehead atoms. The molecule has 0 unspecified atom stereocenters. The molecule has 0 aromatic carbocycles. The van der Waals surface area contributed by atoms with Crippen molar-refractivity contribution >= 4 is 11.8 Å². The first-order valence-electron chi connectivity index (χ1n) is 7.20. The molecule has 1 aliphatic rings. The van der Waals surface area contributed by atoms with Crippen molar-refractivity contribution in [2.24, 2.45) is 0 Å². The van der Waals surface area contributed by atoms with Crippen molar-refractivity contribution in [3.8, 4) is 0 Å². The fraction of sp³-hybridized carbons (Fsp3) is 0.400. The molecule has 1 fully saturated rings. The zero-order chi connectivity index (χ0) is 15.5. The van der Waals surface area contributed by atoms with Crippen molar-refractivity contribution < 1.29 is 18.5 Å². The molecule has 0 radical (unpaired) electrons. The van der Waals surface area contributed by atoms with Crippen LogP contribution in [0, 0.1) is 6.92 Å². The number of carbonyl (C=O) groups is 2. The minimum Gasteiger partial charge on any atom is -0.459 e. The number of furan rings is 1. The van der Waals surface area contributed by atoms with E-state index in [1.165, 1.54) is 6.26 Å². The summed E-state index contributed by atoms with van der Waals surface area (Å²) in [4.78, 5) is 28.0. The number of hydrogen-bond acceptors (Lipinski definition) is 5. The van der Waals surface area contributed by atoms with Gasteiger partial charge in [-0.3, -0.25) is 9.59 Å². The van der Waals surface area contributed by atoms with E-state index in [2.05, 4.69) is 5.16 Å². The van der Waals surface area contributed by atoms with Crippen LogP contribution in [0.25, 0.3) is 0 Å². The highest BCUT2D eigenvalue weighted by Crippen LogP contribution is 2.12. The first-order chi connectivity index (χ1) is 10.6. The van der Waals surface area contributed by atoms with Gasteiger partial charge in [0.05, 0.1) is 6.26 Å². The van der Waals surface area contributed by atoms with Crippen LogP contribution in [0.5, 0.6) is 0 Å². The van der Waals surface area contributed by atoms with Gasteiger partial charge in [-0.2, -0.15) is 0 Å². The van der Waals surface area contributed by atoms with Crippen LogP contribution in [0.4, 0.5) is 0 Å². The van der Waals surface area contributed by atoms with E-state index in [0.29, 0.717) is 43.4 Å². The lowest BCUT2D eigenvalue weighted by Crippen LogP contribution is -2.37. The number of aromatic nitrogens is 1. The molecule has 7 nitrogen and oxygen atoms in total. The quantitative estimate of drug-likeness (QED) is 0.841. The number of nitrogens with zero attached hydrogens (tertiary/aromatic N) is 3. The molecule has 2 aromatic heterocycles. The van der Waals surface area contributed by atoms with Crippen LogP contribution >= 0.6 is 0 Å². The van der Waals surface area contributed by atoms with E-state index in [1.54, 1.807) is 34.9 Å². The van der Waals surface area contributed by atoms with Gasteiger partial charge in [-0.25, -0.2) is 0 Å². The van der Waals surface area contributed by atoms with Gasteiger partial charge < -0.3 is 18.7 Å². The molecule has 3 heterocycles. The summed E-state index contributed by atoms with van der Waals surface area (Å²) in [5, 5.41) is 3.75. The molecule has 0 saturated carbocycles. The van der Waals surface area contributed by atoms with Crippen LogP contribution in [-0.4, -0.2) is 52.9 Å². The van der Waals surface area contributed by atoms with E-state index in [9.17, 15) is 9.59 Å². The van der Waals surface area contributed by atoms with Crippen LogP contribution in [-0.2, 0) is 0 Å². The minimum absolute atomic E-state index is 0.142. The fourth-order valence-corrected chi connectivity index (χ4v) is 2.51. The van der Waals surface area contributed by atoms with Crippen molar-refractivity contribution in [3.05, 3.63) is 41.7 Å². The van der Waals surface area contributed by atoms with Crippen LogP contribution in [0.3, 0.4) is 0 Å². The molecular weight excluding hydrogens is 286 g/mol. The first-order valence-corrected chi connectivity index (χ1v) is 7.20. The summed E-state index contributed by atoms with van der Waals surface area (Å²) in [6.45, 7) is 3.88. The highest BCUT2D eigenvalue weighted by atomic mass is 16.5. The molecule has 7 heteroatoms. The molecule has 0 atom stereocenters. The van der Waals surface area contributed by atoms with Crippen LogP contribution in [0.2, 0.25) is 0 Å². The van der Waals surface area contributed by atoms with E-state index in [-0.39, 0.29) is 11.8 Å². The Morgan fingerprint density at radius 1 is 1.14 bits per heavy atom. The molecule has 22 heavy (non-hydrogen) atoms. The Morgan fingerprint density at radius 3 is 2.45 bits per heavy atom. The van der Waals surface area contributed by atoms with Crippen molar-refractivity contribution in [2.45, 2.75) is 13.3 Å². The molecule has 0 N–H and O–H groups in total. The van der Waals surface area contributed by atoms with Gasteiger partial charge in [-0.15, -0.1) is 0 Å². The van der Waals surface area contributed by atoms with Crippen LogP contribution in [0.1, 0.15) is 33.2 Å².